The van der Waals surface area contributed by atoms with E-state index in [9.17, 15) is 4.79 Å². The van der Waals surface area contributed by atoms with Crippen molar-refractivity contribution in [1.29, 1.82) is 0 Å². The Kier molecular flexibility index (Phi) is 3.23. The second-order valence-corrected chi connectivity index (χ2v) is 5.60. The molecule has 102 valence electrons. The van der Waals surface area contributed by atoms with Gasteiger partial charge < -0.3 is 9.67 Å². The Bertz CT molecular complexity index is 749. The van der Waals surface area contributed by atoms with Crippen LogP contribution < -0.4 is 0 Å². The number of aromatic carboxylic acids is 1. The minimum Gasteiger partial charge on any atom is -0.478 e. The van der Waals surface area contributed by atoms with E-state index in [1.54, 1.807) is 42.1 Å². The Morgan fingerprint density at radius 1 is 1.45 bits per heavy atom. The van der Waals surface area contributed by atoms with Gasteiger partial charge in [0.15, 0.2) is 0 Å². The van der Waals surface area contributed by atoms with Crippen LogP contribution >= 0.6 is 11.3 Å². The molecule has 0 aliphatic carbocycles. The summed E-state index contributed by atoms with van der Waals surface area (Å²) in [5, 5.41) is 12.1. The third-order valence-electron chi connectivity index (χ3n) is 3.21. The molecule has 3 rings (SSSR count). The minimum atomic E-state index is -0.923. The van der Waals surface area contributed by atoms with Crippen LogP contribution in [0.2, 0.25) is 0 Å². The van der Waals surface area contributed by atoms with E-state index in [4.69, 9.17) is 5.11 Å². The van der Waals surface area contributed by atoms with Crippen LogP contribution in [0.1, 0.15) is 28.2 Å². The number of imidazole rings is 1. The van der Waals surface area contributed by atoms with Gasteiger partial charge in [-0.05, 0) is 18.2 Å². The van der Waals surface area contributed by atoms with Gasteiger partial charge in [0.05, 0.1) is 27.9 Å². The van der Waals surface area contributed by atoms with Crippen LogP contribution in [0.15, 0.2) is 36.1 Å². The highest BCUT2D eigenvalue weighted by Crippen LogP contribution is 2.22. The first kappa shape index (κ1) is 12.8. The molecule has 0 spiro atoms. The molecular formula is C14H13N3O2S. The fraction of sp³-hybridized carbons (Fsp3) is 0.214. The number of nitrogens with zero attached hydrogens (tertiary/aromatic N) is 3. The summed E-state index contributed by atoms with van der Waals surface area (Å²) in [4.78, 5) is 19.7. The van der Waals surface area contributed by atoms with Crippen molar-refractivity contribution in [3.05, 3.63) is 46.7 Å². The number of thiazole rings is 1. The molecule has 20 heavy (non-hydrogen) atoms. The Labute approximate surface area is 119 Å². The number of fused-ring (bicyclic) bond motifs is 1. The molecule has 0 aliphatic rings. The number of carboxylic acids is 1. The van der Waals surface area contributed by atoms with Gasteiger partial charge in [0.1, 0.15) is 0 Å². The molecule has 0 saturated heterocycles. The van der Waals surface area contributed by atoms with E-state index >= 15 is 0 Å². The maximum Gasteiger partial charge on any atom is 0.335 e. The molecule has 1 atom stereocenters. The highest BCUT2D eigenvalue weighted by Gasteiger charge is 2.12. The number of carbonyl (C=O) groups is 1. The third-order valence-corrected chi connectivity index (χ3v) is 4.22. The summed E-state index contributed by atoms with van der Waals surface area (Å²) in [7, 11) is 0. The van der Waals surface area contributed by atoms with Crippen LogP contribution in [0.4, 0.5) is 0 Å². The lowest BCUT2D eigenvalue weighted by Gasteiger charge is -2.10. The van der Waals surface area contributed by atoms with Gasteiger partial charge in [-0.3, -0.25) is 0 Å². The molecule has 6 heteroatoms. The van der Waals surface area contributed by atoms with E-state index in [1.807, 2.05) is 9.95 Å². The molecule has 0 bridgehead atoms. The van der Waals surface area contributed by atoms with Gasteiger partial charge in [-0.15, -0.1) is 11.3 Å². The molecule has 2 heterocycles. The topological polar surface area (TPSA) is 68.0 Å². The van der Waals surface area contributed by atoms with Gasteiger partial charge in [-0.1, -0.05) is 6.92 Å². The van der Waals surface area contributed by atoms with E-state index < -0.39 is 5.97 Å². The quantitative estimate of drug-likeness (QED) is 0.801. The summed E-state index contributed by atoms with van der Waals surface area (Å²) in [5.41, 5.74) is 1.93. The summed E-state index contributed by atoms with van der Waals surface area (Å²) in [6, 6.07) is 4.98. The van der Waals surface area contributed by atoms with Crippen molar-refractivity contribution < 1.29 is 9.90 Å². The molecule has 0 radical (unpaired) electrons. The van der Waals surface area contributed by atoms with Crippen LogP contribution in [-0.2, 0) is 6.54 Å². The zero-order valence-electron chi connectivity index (χ0n) is 10.9. The Morgan fingerprint density at radius 2 is 2.30 bits per heavy atom. The van der Waals surface area contributed by atoms with Crippen molar-refractivity contribution >= 4 is 28.3 Å². The molecule has 0 aliphatic heterocycles. The Morgan fingerprint density at radius 3 is 3.00 bits per heavy atom. The SMILES string of the molecule is CC(Cn1cnc2ccc(C(=O)O)cc21)c1nccs1. The van der Waals surface area contributed by atoms with Crippen LogP contribution in [-0.4, -0.2) is 25.6 Å². The molecule has 0 saturated carbocycles. The Hall–Kier alpha value is -2.21. The van der Waals surface area contributed by atoms with E-state index in [0.29, 0.717) is 0 Å². The fourth-order valence-electron chi connectivity index (χ4n) is 2.19. The number of aromatic nitrogens is 3. The highest BCUT2D eigenvalue weighted by atomic mass is 32.1. The predicted octanol–water partition coefficient (Wildman–Crippen LogP) is 2.99. The summed E-state index contributed by atoms with van der Waals surface area (Å²) in [5.74, 6) is -0.659. The first-order chi connectivity index (χ1) is 9.65. The summed E-state index contributed by atoms with van der Waals surface area (Å²) < 4.78 is 1.98. The lowest BCUT2D eigenvalue weighted by molar-refractivity contribution is 0.0697. The average molecular weight is 287 g/mol. The zero-order chi connectivity index (χ0) is 14.1. The van der Waals surface area contributed by atoms with Crippen LogP contribution in [0.25, 0.3) is 11.0 Å². The molecule has 1 N–H and O–H groups in total. The van der Waals surface area contributed by atoms with Crippen LogP contribution in [0.5, 0.6) is 0 Å². The molecule has 5 nitrogen and oxygen atoms in total. The largest absolute Gasteiger partial charge is 0.478 e. The van der Waals surface area contributed by atoms with Crippen molar-refractivity contribution in [3.8, 4) is 0 Å². The Balaban J connectivity index is 1.95. The maximum atomic E-state index is 11.0. The molecule has 1 unspecified atom stereocenters. The second kappa shape index (κ2) is 5.05. The van der Waals surface area contributed by atoms with Crippen molar-refractivity contribution in [3.63, 3.8) is 0 Å². The van der Waals surface area contributed by atoms with Crippen LogP contribution in [0, 0.1) is 0 Å². The maximum absolute atomic E-state index is 11.0. The smallest absolute Gasteiger partial charge is 0.335 e. The number of carboxylic acid groups (broad SMARTS) is 1. The van der Waals surface area contributed by atoms with Gasteiger partial charge in [0.2, 0.25) is 0 Å². The highest BCUT2D eigenvalue weighted by molar-refractivity contribution is 7.09. The van der Waals surface area contributed by atoms with Gasteiger partial charge in [0.25, 0.3) is 0 Å². The fourth-order valence-corrected chi connectivity index (χ4v) is 2.88. The predicted molar refractivity (Wildman–Crippen MR) is 77.2 cm³/mol. The van der Waals surface area contributed by atoms with Gasteiger partial charge >= 0.3 is 5.97 Å². The molecule has 0 amide bonds. The lowest BCUT2D eigenvalue weighted by Crippen LogP contribution is -2.05. The van der Waals surface area contributed by atoms with E-state index in [1.165, 1.54) is 0 Å². The van der Waals surface area contributed by atoms with Gasteiger partial charge in [-0.2, -0.15) is 0 Å². The minimum absolute atomic E-state index is 0.265. The second-order valence-electron chi connectivity index (χ2n) is 4.68. The molecule has 3 aromatic rings. The van der Waals surface area contributed by atoms with Crippen molar-refractivity contribution in [2.45, 2.75) is 19.4 Å². The number of hydrogen-bond donors (Lipinski definition) is 1. The van der Waals surface area contributed by atoms with Crippen molar-refractivity contribution in [1.82, 2.24) is 14.5 Å². The molecule has 1 aromatic carbocycles. The number of benzene rings is 1. The monoisotopic (exact) mass is 287 g/mol. The van der Waals surface area contributed by atoms with Gasteiger partial charge in [0, 0.05) is 24.0 Å². The van der Waals surface area contributed by atoms with Crippen molar-refractivity contribution in [2.75, 3.05) is 0 Å². The summed E-state index contributed by atoms with van der Waals surface area (Å²) in [6.07, 6.45) is 3.55. The van der Waals surface area contributed by atoms with Crippen molar-refractivity contribution in [2.24, 2.45) is 0 Å². The zero-order valence-corrected chi connectivity index (χ0v) is 11.7. The van der Waals surface area contributed by atoms with E-state index in [-0.39, 0.29) is 11.5 Å². The average Bonchev–Trinajstić information content (AvgIpc) is 3.08. The van der Waals surface area contributed by atoms with Gasteiger partial charge in [-0.25, -0.2) is 14.8 Å². The van der Waals surface area contributed by atoms with E-state index in [2.05, 4.69) is 16.9 Å². The molecular weight excluding hydrogens is 274 g/mol. The first-order valence-electron chi connectivity index (χ1n) is 6.22. The summed E-state index contributed by atoms with van der Waals surface area (Å²) in [6.45, 7) is 2.83. The first-order valence-corrected chi connectivity index (χ1v) is 7.10. The lowest BCUT2D eigenvalue weighted by atomic mass is 10.1. The number of hydrogen-bond acceptors (Lipinski definition) is 4. The standard InChI is InChI=1S/C14H13N3O2S/c1-9(13-15-4-5-20-13)7-17-8-16-11-3-2-10(14(18)19)6-12(11)17/h2-6,8-9H,7H2,1H3,(H,18,19). The molecule has 0 fully saturated rings. The third kappa shape index (κ3) is 2.30. The summed E-state index contributed by atoms with van der Waals surface area (Å²) >= 11 is 1.63. The normalized spacial score (nSPS) is 12.7. The molecule has 2 aromatic heterocycles. The van der Waals surface area contributed by atoms with E-state index in [0.717, 1.165) is 22.6 Å². The number of rotatable bonds is 4. The van der Waals surface area contributed by atoms with Crippen LogP contribution in [0.3, 0.4) is 0 Å².